The molecule has 0 bridgehead atoms. The van der Waals surface area contributed by atoms with Gasteiger partial charge in [-0.2, -0.15) is 58.8 Å². The lowest BCUT2D eigenvalue weighted by Gasteiger charge is -2.31. The number of halogens is 10. The minimum atomic E-state index is -4.89. The Hall–Kier alpha value is -3.58. The van der Waals surface area contributed by atoms with Gasteiger partial charge in [0.1, 0.15) is 0 Å². The summed E-state index contributed by atoms with van der Waals surface area (Å²) in [5.41, 5.74) is -2.48. The van der Waals surface area contributed by atoms with E-state index in [2.05, 4.69) is 30.3 Å². The van der Waals surface area contributed by atoms with Crippen LogP contribution >= 0.6 is 11.6 Å². The molecule has 1 fully saturated rings. The van der Waals surface area contributed by atoms with Gasteiger partial charge in [0.2, 0.25) is 21.9 Å². The number of benzene rings is 2. The Morgan fingerprint density at radius 2 is 1.55 bits per heavy atom. The van der Waals surface area contributed by atoms with Crippen molar-refractivity contribution in [2.24, 2.45) is 0 Å². The summed E-state index contributed by atoms with van der Waals surface area (Å²) >= 11 is 5.58. The summed E-state index contributed by atoms with van der Waals surface area (Å²) in [5, 5.41) is 4.58. The second kappa shape index (κ2) is 12.4. The predicted octanol–water partition coefficient (Wildman–Crippen LogP) is 6.51. The van der Waals surface area contributed by atoms with Crippen LogP contribution in [0.25, 0.3) is 0 Å². The second-order valence-corrected chi connectivity index (χ2v) is 11.7. The number of anilines is 3. The second-order valence-electron chi connectivity index (χ2n) is 9.33. The summed E-state index contributed by atoms with van der Waals surface area (Å²) in [5.74, 6) is -0.789. The summed E-state index contributed by atoms with van der Waals surface area (Å²) in [7, 11) is -4.35. The molecule has 0 unspecified atom stereocenters. The van der Waals surface area contributed by atoms with Crippen LogP contribution < -0.4 is 15.4 Å². The maximum absolute atomic E-state index is 13.2. The molecule has 0 saturated carbocycles. The molecule has 1 aliphatic rings. The molecule has 0 spiro atoms. The van der Waals surface area contributed by atoms with E-state index >= 15 is 0 Å². The minimum Gasteiger partial charge on any atom is -0.454 e. The van der Waals surface area contributed by atoms with Crippen LogP contribution in [0.5, 0.6) is 6.01 Å². The van der Waals surface area contributed by atoms with Crippen LogP contribution in [0, 0.1) is 0 Å². The van der Waals surface area contributed by atoms with Crippen molar-refractivity contribution in [2.45, 2.75) is 42.3 Å². The number of rotatable bonds is 8. The monoisotopic (exact) mass is 678 g/mol. The van der Waals surface area contributed by atoms with Gasteiger partial charge in [0.15, 0.2) is 6.61 Å². The molecule has 44 heavy (non-hydrogen) atoms. The van der Waals surface area contributed by atoms with Crippen molar-refractivity contribution < 1.29 is 52.7 Å². The molecule has 2 aromatic carbocycles. The minimum absolute atomic E-state index is 0.0692. The molecule has 20 heteroatoms. The molecular formula is C24H20ClF9N6O3S. The maximum Gasteiger partial charge on any atom is 0.422 e. The Labute approximate surface area is 248 Å². The van der Waals surface area contributed by atoms with Gasteiger partial charge in [0, 0.05) is 24.8 Å². The lowest BCUT2D eigenvalue weighted by atomic mass is 10.1. The molecule has 2 N–H and O–H groups in total. The van der Waals surface area contributed by atoms with Crippen LogP contribution in [-0.4, -0.2) is 59.6 Å². The van der Waals surface area contributed by atoms with E-state index in [4.69, 9.17) is 11.6 Å². The lowest BCUT2D eigenvalue weighted by molar-refractivity contribution is -0.154. The largest absolute Gasteiger partial charge is 0.454 e. The highest BCUT2D eigenvalue weighted by molar-refractivity contribution is 7.89. The summed E-state index contributed by atoms with van der Waals surface area (Å²) in [4.78, 5) is 10.8. The van der Waals surface area contributed by atoms with Crippen molar-refractivity contribution in [3.8, 4) is 6.01 Å². The quantitative estimate of drug-likeness (QED) is 0.260. The first kappa shape index (κ1) is 33.3. The molecule has 1 saturated heterocycles. The fourth-order valence-electron chi connectivity index (χ4n) is 4.04. The third-order valence-corrected chi connectivity index (χ3v) is 8.32. The van der Waals surface area contributed by atoms with E-state index in [1.165, 1.54) is 6.07 Å². The summed E-state index contributed by atoms with van der Waals surface area (Å²) in [6.45, 7) is -2.11. The van der Waals surface area contributed by atoms with Crippen molar-refractivity contribution in [3.63, 3.8) is 0 Å². The average molecular weight is 679 g/mol. The smallest absolute Gasteiger partial charge is 0.422 e. The molecular weight excluding hydrogens is 659 g/mol. The molecule has 0 aliphatic carbocycles. The van der Waals surface area contributed by atoms with Crippen LogP contribution in [0.15, 0.2) is 47.4 Å². The van der Waals surface area contributed by atoms with Gasteiger partial charge in [-0.25, -0.2) is 8.42 Å². The molecule has 0 radical (unpaired) electrons. The first-order valence-electron chi connectivity index (χ1n) is 12.3. The van der Waals surface area contributed by atoms with Gasteiger partial charge in [-0.3, -0.25) is 0 Å². The summed E-state index contributed by atoms with van der Waals surface area (Å²) in [6.07, 6.45) is -14.2. The highest BCUT2D eigenvalue weighted by atomic mass is 35.5. The Morgan fingerprint density at radius 1 is 0.886 bits per heavy atom. The number of aromatic nitrogens is 3. The van der Waals surface area contributed by atoms with E-state index in [1.54, 1.807) is 0 Å². The van der Waals surface area contributed by atoms with E-state index in [9.17, 15) is 47.9 Å². The van der Waals surface area contributed by atoms with E-state index in [1.807, 2.05) is 0 Å². The Balaban J connectivity index is 1.50. The zero-order valence-electron chi connectivity index (χ0n) is 21.9. The zero-order valence-corrected chi connectivity index (χ0v) is 23.4. The molecule has 240 valence electrons. The van der Waals surface area contributed by atoms with Gasteiger partial charge in [0.05, 0.1) is 21.0 Å². The number of hydrogen-bond donors (Lipinski definition) is 2. The molecule has 0 atom stereocenters. The fraction of sp³-hybridized carbons (Fsp3) is 0.375. The molecule has 1 aromatic heterocycles. The number of ether oxygens (including phenoxy) is 1. The fourth-order valence-corrected chi connectivity index (χ4v) is 5.77. The van der Waals surface area contributed by atoms with Crippen LogP contribution in [0.1, 0.15) is 24.0 Å². The molecule has 3 aromatic rings. The summed E-state index contributed by atoms with van der Waals surface area (Å²) in [6, 6.07) is 4.68. The van der Waals surface area contributed by atoms with Gasteiger partial charge >= 0.3 is 24.5 Å². The van der Waals surface area contributed by atoms with Crippen molar-refractivity contribution >= 4 is 39.2 Å². The lowest BCUT2D eigenvalue weighted by Crippen LogP contribution is -2.42. The third-order valence-electron chi connectivity index (χ3n) is 6.09. The highest BCUT2D eigenvalue weighted by Gasteiger charge is 2.37. The summed E-state index contributed by atoms with van der Waals surface area (Å²) < 4.78 is 149. The maximum atomic E-state index is 13.2. The molecule has 1 aliphatic heterocycles. The molecule has 2 heterocycles. The number of nitrogens with zero attached hydrogens (tertiary/aromatic N) is 4. The predicted molar refractivity (Wildman–Crippen MR) is 138 cm³/mol. The number of hydrogen-bond acceptors (Lipinski definition) is 8. The molecule has 9 nitrogen and oxygen atoms in total. The first-order chi connectivity index (χ1) is 20.3. The Bertz CT molecular complexity index is 1600. The van der Waals surface area contributed by atoms with Crippen molar-refractivity contribution in [3.05, 3.63) is 58.6 Å². The average Bonchev–Trinajstić information content (AvgIpc) is 2.91. The van der Waals surface area contributed by atoms with Gasteiger partial charge in [-0.15, -0.1) is 0 Å². The standard InChI is InChI=1S/C24H20ClF9N6O3S/c25-18-5-4-16(11-17(18)24(32,33)34)44(41,42)40-8-6-14(7-9-40)35-19-37-20(39-21(38-19)43-12-22(26,27)28)36-15-3-1-2-13(10-15)23(29,30)31/h1-5,10-11,14H,6-9,12H2,(H2,35,36,37,38,39). The number of alkyl halides is 9. The Kier molecular flexibility index (Phi) is 9.41. The topological polar surface area (TPSA) is 109 Å². The van der Waals surface area contributed by atoms with E-state index in [-0.39, 0.29) is 37.6 Å². The van der Waals surface area contributed by atoms with Crippen LogP contribution in [0.2, 0.25) is 5.02 Å². The van der Waals surface area contributed by atoms with Crippen LogP contribution in [-0.2, 0) is 22.4 Å². The van der Waals surface area contributed by atoms with E-state index < -0.39 is 74.2 Å². The van der Waals surface area contributed by atoms with E-state index in [0.29, 0.717) is 6.07 Å². The molecule has 0 amide bonds. The highest BCUT2D eigenvalue weighted by Crippen LogP contribution is 2.37. The van der Waals surface area contributed by atoms with Gasteiger partial charge in [0.25, 0.3) is 0 Å². The number of piperidine rings is 1. The van der Waals surface area contributed by atoms with Gasteiger partial charge < -0.3 is 15.4 Å². The van der Waals surface area contributed by atoms with E-state index in [0.717, 1.165) is 34.6 Å². The van der Waals surface area contributed by atoms with Gasteiger partial charge in [-0.05, 0) is 49.2 Å². The molecule has 4 rings (SSSR count). The normalized spacial score (nSPS) is 15.7. The van der Waals surface area contributed by atoms with Crippen molar-refractivity contribution in [2.75, 3.05) is 30.3 Å². The number of nitrogens with one attached hydrogen (secondary N) is 2. The first-order valence-corrected chi connectivity index (χ1v) is 14.2. The third kappa shape index (κ3) is 8.53. The number of sulfonamides is 1. The van der Waals surface area contributed by atoms with Crippen LogP contribution in [0.3, 0.4) is 0 Å². The van der Waals surface area contributed by atoms with Crippen molar-refractivity contribution in [1.29, 1.82) is 0 Å². The van der Waals surface area contributed by atoms with Crippen molar-refractivity contribution in [1.82, 2.24) is 19.3 Å². The van der Waals surface area contributed by atoms with Crippen LogP contribution in [0.4, 0.5) is 57.1 Å². The SMILES string of the molecule is O=S(=O)(c1ccc(Cl)c(C(F)(F)F)c1)N1CCC(Nc2nc(Nc3cccc(C(F)(F)F)c3)nc(OCC(F)(F)F)n2)CC1. The zero-order chi connectivity index (χ0) is 32.5. The Morgan fingerprint density at radius 3 is 2.16 bits per heavy atom. The van der Waals surface area contributed by atoms with Gasteiger partial charge in [-0.1, -0.05) is 17.7 Å².